The highest BCUT2D eigenvalue weighted by atomic mass is 35.5. The van der Waals surface area contributed by atoms with Crippen molar-refractivity contribution in [3.8, 4) is 5.75 Å². The molecule has 25 heavy (non-hydrogen) atoms. The van der Waals surface area contributed by atoms with Crippen molar-refractivity contribution in [2.45, 2.75) is 20.0 Å². The average Bonchev–Trinajstić information content (AvgIpc) is 2.58. The zero-order chi connectivity index (χ0) is 18.6. The zero-order valence-electron chi connectivity index (χ0n) is 13.9. The first-order valence-corrected chi connectivity index (χ1v) is 7.75. The number of halogens is 1. The van der Waals surface area contributed by atoms with Gasteiger partial charge in [-0.1, -0.05) is 11.6 Å². The van der Waals surface area contributed by atoms with Crippen LogP contribution >= 0.6 is 11.6 Å². The number of anilines is 1. The van der Waals surface area contributed by atoms with E-state index < -0.39 is 18.0 Å². The molecule has 8 heteroatoms. The first-order valence-electron chi connectivity index (χ1n) is 7.37. The van der Waals surface area contributed by atoms with E-state index in [2.05, 4.69) is 5.32 Å². The first kappa shape index (κ1) is 18.5. The van der Waals surface area contributed by atoms with E-state index in [0.29, 0.717) is 21.2 Å². The highest BCUT2D eigenvalue weighted by molar-refractivity contribution is 6.31. The number of hydrogen-bond acceptors (Lipinski definition) is 5. The number of nitrogens with one attached hydrogen (secondary N) is 1. The summed E-state index contributed by atoms with van der Waals surface area (Å²) in [6.07, 6.45) is 0.0521. The van der Waals surface area contributed by atoms with Gasteiger partial charge < -0.3 is 20.0 Å². The van der Waals surface area contributed by atoms with Crippen LogP contribution in [0, 0.1) is 12.1 Å². The molecule has 132 valence electrons. The van der Waals surface area contributed by atoms with E-state index in [0.717, 1.165) is 5.56 Å². The summed E-state index contributed by atoms with van der Waals surface area (Å²) in [6, 6.07) is 7.54. The van der Waals surface area contributed by atoms with Crippen molar-refractivity contribution in [2.24, 2.45) is 0 Å². The number of benzene rings is 1. The van der Waals surface area contributed by atoms with E-state index in [1.807, 2.05) is 0 Å². The molecule has 1 amide bonds. The molecule has 1 atom stereocenters. The maximum Gasteiger partial charge on any atom is 0.405 e. The Labute approximate surface area is 149 Å². The summed E-state index contributed by atoms with van der Waals surface area (Å²) in [6.45, 7) is 3.18. The molecule has 1 N–H and O–H groups in total. The number of pyridine rings is 1. The number of carbonyl (C=O) groups excluding carboxylic acids is 2. The minimum absolute atomic E-state index is 0.206. The third-order valence-electron chi connectivity index (χ3n) is 3.42. The molecular formula is C17H17ClN2O5. The molecule has 0 aliphatic rings. The smallest absolute Gasteiger partial charge is 0.405 e. The van der Waals surface area contributed by atoms with E-state index in [-0.39, 0.29) is 5.69 Å². The van der Waals surface area contributed by atoms with Gasteiger partial charge >= 0.3 is 11.7 Å². The Kier molecular flexibility index (Phi) is 5.82. The monoisotopic (exact) mass is 364 g/mol. The molecule has 0 aliphatic carbocycles. The highest BCUT2D eigenvalue weighted by Crippen LogP contribution is 2.31. The van der Waals surface area contributed by atoms with Gasteiger partial charge in [-0.05, 0) is 31.5 Å². The molecular weight excluding hydrogens is 348 g/mol. The first-order chi connectivity index (χ1) is 11.8. The summed E-state index contributed by atoms with van der Waals surface area (Å²) in [5, 5.41) is 14.7. The lowest BCUT2D eigenvalue weighted by Gasteiger charge is -2.16. The maximum absolute atomic E-state index is 12.3. The second-order valence-electron chi connectivity index (χ2n) is 5.25. The minimum atomic E-state index is -1.12. The van der Waals surface area contributed by atoms with Crippen LogP contribution in [-0.2, 0) is 9.53 Å². The van der Waals surface area contributed by atoms with Crippen LogP contribution in [0.25, 0.3) is 0 Å². The van der Waals surface area contributed by atoms with Gasteiger partial charge in [0.25, 0.3) is 5.91 Å². The topological polar surface area (TPSA) is 91.6 Å². The Hall–Kier alpha value is -2.80. The predicted molar refractivity (Wildman–Crippen MR) is 91.7 cm³/mol. The number of nitrogens with zero attached hydrogens (tertiary/aromatic N) is 1. The van der Waals surface area contributed by atoms with Gasteiger partial charge in [-0.25, -0.2) is 4.79 Å². The van der Waals surface area contributed by atoms with Crippen molar-refractivity contribution in [2.75, 3.05) is 12.4 Å². The minimum Gasteiger partial charge on any atom is -0.618 e. The molecule has 1 heterocycles. The molecule has 0 spiro atoms. The quantitative estimate of drug-likeness (QED) is 0.500. The SMILES string of the molecule is COc1cc(Cl)c(C)cc1NC(=O)[C@H](C)OC(=O)c1cccc[n+]1[O-]. The van der Waals surface area contributed by atoms with Gasteiger partial charge in [-0.3, -0.25) is 4.79 Å². The van der Waals surface area contributed by atoms with E-state index in [4.69, 9.17) is 21.1 Å². The molecule has 0 saturated heterocycles. The van der Waals surface area contributed by atoms with Gasteiger partial charge in [-0.15, -0.1) is 0 Å². The number of esters is 1. The van der Waals surface area contributed by atoms with E-state index in [9.17, 15) is 14.8 Å². The van der Waals surface area contributed by atoms with Crippen molar-refractivity contribution < 1.29 is 23.8 Å². The van der Waals surface area contributed by atoms with Gasteiger partial charge in [0.05, 0.1) is 12.8 Å². The highest BCUT2D eigenvalue weighted by Gasteiger charge is 2.24. The zero-order valence-corrected chi connectivity index (χ0v) is 14.7. The molecule has 7 nitrogen and oxygen atoms in total. The Morgan fingerprint density at radius 1 is 1.32 bits per heavy atom. The van der Waals surface area contributed by atoms with Crippen molar-refractivity contribution in [1.29, 1.82) is 0 Å². The number of aromatic nitrogens is 1. The van der Waals surface area contributed by atoms with Crippen LogP contribution in [-0.4, -0.2) is 25.1 Å². The summed E-state index contributed by atoms with van der Waals surface area (Å²) in [7, 11) is 1.45. The molecule has 0 unspecified atom stereocenters. The van der Waals surface area contributed by atoms with Crippen molar-refractivity contribution in [1.82, 2.24) is 0 Å². The van der Waals surface area contributed by atoms with E-state index in [1.165, 1.54) is 38.4 Å². The van der Waals surface area contributed by atoms with Crippen LogP contribution in [0.15, 0.2) is 36.5 Å². The summed E-state index contributed by atoms with van der Waals surface area (Å²) < 4.78 is 10.6. The van der Waals surface area contributed by atoms with Crippen molar-refractivity contribution in [3.63, 3.8) is 0 Å². The van der Waals surface area contributed by atoms with Crippen LogP contribution in [0.1, 0.15) is 23.0 Å². The molecule has 0 aliphatic heterocycles. The number of amides is 1. The summed E-state index contributed by atoms with van der Waals surface area (Å²) in [5.41, 5.74) is 0.942. The Bertz CT molecular complexity index is 810. The van der Waals surface area contributed by atoms with E-state index >= 15 is 0 Å². The number of ether oxygens (including phenoxy) is 2. The third kappa shape index (κ3) is 4.39. The normalized spacial score (nSPS) is 11.5. The lowest BCUT2D eigenvalue weighted by Crippen LogP contribution is -2.37. The Morgan fingerprint density at radius 3 is 2.68 bits per heavy atom. The van der Waals surface area contributed by atoms with Crippen LogP contribution in [0.4, 0.5) is 5.69 Å². The molecule has 2 aromatic rings. The maximum atomic E-state index is 12.3. The third-order valence-corrected chi connectivity index (χ3v) is 3.83. The lowest BCUT2D eigenvalue weighted by molar-refractivity contribution is -0.608. The Morgan fingerprint density at radius 2 is 2.04 bits per heavy atom. The summed E-state index contributed by atoms with van der Waals surface area (Å²) >= 11 is 6.02. The number of methoxy groups -OCH3 is 1. The molecule has 0 fully saturated rings. The molecule has 1 aromatic heterocycles. The largest absolute Gasteiger partial charge is 0.618 e. The molecule has 0 bridgehead atoms. The van der Waals surface area contributed by atoms with Crippen molar-refractivity contribution in [3.05, 3.63) is 58.0 Å². The van der Waals surface area contributed by atoms with Crippen molar-refractivity contribution >= 4 is 29.2 Å². The fourth-order valence-corrected chi connectivity index (χ4v) is 2.18. The number of aryl methyl sites for hydroxylation is 1. The van der Waals surface area contributed by atoms with Gasteiger partial charge in [0, 0.05) is 23.2 Å². The van der Waals surface area contributed by atoms with Gasteiger partial charge in [-0.2, -0.15) is 4.73 Å². The van der Waals surface area contributed by atoms with Crippen LogP contribution in [0.3, 0.4) is 0 Å². The molecule has 0 radical (unpaired) electrons. The predicted octanol–water partition coefficient (Wildman–Crippen LogP) is 2.47. The lowest BCUT2D eigenvalue weighted by atomic mass is 10.2. The second-order valence-corrected chi connectivity index (χ2v) is 5.66. The fourth-order valence-electron chi connectivity index (χ4n) is 2.02. The van der Waals surface area contributed by atoms with E-state index in [1.54, 1.807) is 19.1 Å². The molecule has 2 rings (SSSR count). The van der Waals surface area contributed by atoms with Gasteiger partial charge in [0.2, 0.25) is 0 Å². The standard InChI is InChI=1S/C17H17ClN2O5/c1-10-8-13(15(24-3)9-12(10)18)19-16(21)11(2)25-17(22)14-6-4-5-7-20(14)23/h4-9,11H,1-3H3,(H,19,21)/t11-/m0/s1. The summed E-state index contributed by atoms with van der Waals surface area (Å²) in [5.74, 6) is -1.08. The summed E-state index contributed by atoms with van der Waals surface area (Å²) in [4.78, 5) is 24.3. The van der Waals surface area contributed by atoms with Gasteiger partial charge in [0.15, 0.2) is 12.3 Å². The van der Waals surface area contributed by atoms with Gasteiger partial charge in [0.1, 0.15) is 5.75 Å². The number of rotatable bonds is 5. The second kappa shape index (κ2) is 7.85. The van der Waals surface area contributed by atoms with Crippen LogP contribution in [0.5, 0.6) is 5.75 Å². The molecule has 1 aromatic carbocycles. The average molecular weight is 365 g/mol. The molecule has 0 saturated carbocycles. The Balaban J connectivity index is 2.10. The fraction of sp³-hybridized carbons (Fsp3) is 0.235. The van der Waals surface area contributed by atoms with Crippen LogP contribution < -0.4 is 14.8 Å². The number of hydrogen-bond donors (Lipinski definition) is 1. The van der Waals surface area contributed by atoms with Crippen LogP contribution in [0.2, 0.25) is 5.02 Å². The number of carbonyl (C=O) groups is 2.